The fourth-order valence-electron chi connectivity index (χ4n) is 3.13. The van der Waals surface area contributed by atoms with E-state index < -0.39 is 0 Å². The zero-order chi connectivity index (χ0) is 12.1. The van der Waals surface area contributed by atoms with Crippen LogP contribution in [0.3, 0.4) is 0 Å². The smallest absolute Gasteiger partial charge is 0.0471 e. The van der Waals surface area contributed by atoms with Crippen LogP contribution in [-0.2, 0) is 4.74 Å². The van der Waals surface area contributed by atoms with Crippen LogP contribution >= 0.6 is 0 Å². The minimum Gasteiger partial charge on any atom is -0.381 e. The van der Waals surface area contributed by atoms with E-state index in [1.54, 1.807) is 0 Å². The van der Waals surface area contributed by atoms with Crippen LogP contribution in [0.25, 0.3) is 0 Å². The van der Waals surface area contributed by atoms with Gasteiger partial charge in [-0.25, -0.2) is 0 Å². The van der Waals surface area contributed by atoms with E-state index in [9.17, 15) is 0 Å². The predicted molar refractivity (Wildman–Crippen MR) is 71.3 cm³/mol. The molecule has 0 aromatic rings. The van der Waals surface area contributed by atoms with Crippen molar-refractivity contribution in [1.29, 1.82) is 0 Å². The van der Waals surface area contributed by atoms with Crippen molar-refractivity contribution >= 4 is 0 Å². The maximum absolute atomic E-state index is 5.48. The molecule has 1 N–H and O–H groups in total. The lowest BCUT2D eigenvalue weighted by Crippen LogP contribution is -2.39. The van der Waals surface area contributed by atoms with E-state index in [0.717, 1.165) is 25.7 Å². The molecule has 100 valence electrons. The molecule has 0 saturated carbocycles. The Hall–Kier alpha value is -0.120. The summed E-state index contributed by atoms with van der Waals surface area (Å²) in [5.41, 5.74) is 0.505. The molecule has 0 aromatic carbocycles. The zero-order valence-electron chi connectivity index (χ0n) is 11.5. The Balaban J connectivity index is 1.73. The highest BCUT2D eigenvalue weighted by Gasteiger charge is 2.32. The van der Waals surface area contributed by atoms with Gasteiger partial charge in [0.05, 0.1) is 0 Å². The maximum atomic E-state index is 5.48. The van der Waals surface area contributed by atoms with E-state index in [1.165, 1.54) is 45.4 Å². The van der Waals surface area contributed by atoms with Crippen molar-refractivity contribution in [1.82, 2.24) is 10.2 Å². The molecule has 0 spiro atoms. The fraction of sp³-hybridized carbons (Fsp3) is 1.00. The van der Waals surface area contributed by atoms with Crippen LogP contribution in [0, 0.1) is 11.3 Å². The number of nitrogens with zero attached hydrogens (tertiary/aromatic N) is 1. The summed E-state index contributed by atoms with van der Waals surface area (Å²) in [7, 11) is 0. The zero-order valence-corrected chi connectivity index (χ0v) is 11.5. The van der Waals surface area contributed by atoms with E-state index >= 15 is 0 Å². The molecule has 17 heavy (non-hydrogen) atoms. The summed E-state index contributed by atoms with van der Waals surface area (Å²) in [6.07, 6.45) is 3.85. The van der Waals surface area contributed by atoms with Gasteiger partial charge in [0, 0.05) is 26.3 Å². The predicted octanol–water partition coefficient (Wildman–Crippen LogP) is 1.73. The second-order valence-electron chi connectivity index (χ2n) is 6.12. The minimum absolute atomic E-state index is 0.505. The molecule has 0 aliphatic carbocycles. The van der Waals surface area contributed by atoms with Crippen molar-refractivity contribution in [3.8, 4) is 0 Å². The third-order valence-electron chi connectivity index (χ3n) is 4.36. The van der Waals surface area contributed by atoms with Crippen LogP contribution in [0.5, 0.6) is 0 Å². The molecule has 2 heterocycles. The highest BCUT2D eigenvalue weighted by Crippen LogP contribution is 2.32. The van der Waals surface area contributed by atoms with Gasteiger partial charge in [0.25, 0.3) is 0 Å². The number of likely N-dealkylation sites (tertiary alicyclic amines) is 1. The molecule has 0 amide bonds. The van der Waals surface area contributed by atoms with Crippen molar-refractivity contribution < 1.29 is 4.74 Å². The van der Waals surface area contributed by atoms with Gasteiger partial charge < -0.3 is 15.0 Å². The highest BCUT2D eigenvalue weighted by molar-refractivity contribution is 4.85. The summed E-state index contributed by atoms with van der Waals surface area (Å²) >= 11 is 0. The van der Waals surface area contributed by atoms with E-state index in [2.05, 4.69) is 24.1 Å². The average Bonchev–Trinajstić information content (AvgIpc) is 2.74. The lowest BCUT2D eigenvalue weighted by molar-refractivity contribution is 0.00806. The molecule has 0 bridgehead atoms. The average molecular weight is 240 g/mol. The minimum atomic E-state index is 0.505. The Kier molecular flexibility index (Phi) is 4.83. The number of rotatable bonds is 5. The summed E-state index contributed by atoms with van der Waals surface area (Å²) in [4.78, 5) is 2.67. The van der Waals surface area contributed by atoms with Crippen LogP contribution < -0.4 is 5.32 Å². The van der Waals surface area contributed by atoms with E-state index in [1.807, 2.05) is 0 Å². The summed E-state index contributed by atoms with van der Waals surface area (Å²) in [6.45, 7) is 12.7. The maximum Gasteiger partial charge on any atom is 0.0471 e. The SMILES string of the molecule is CCNCC1CCN(CC2(C)CCOCC2)C1. The monoisotopic (exact) mass is 240 g/mol. The van der Waals surface area contributed by atoms with Gasteiger partial charge in [0.2, 0.25) is 0 Å². The molecule has 3 heteroatoms. The molecule has 0 radical (unpaired) electrons. The van der Waals surface area contributed by atoms with Crippen molar-refractivity contribution in [2.75, 3.05) is 45.9 Å². The summed E-state index contributed by atoms with van der Waals surface area (Å²) in [6, 6.07) is 0. The standard InChI is InChI=1S/C14H28N2O/c1-3-15-10-13-4-7-16(11-13)12-14(2)5-8-17-9-6-14/h13,15H,3-12H2,1-2H3. The third kappa shape index (κ3) is 3.94. The van der Waals surface area contributed by atoms with Crippen LogP contribution in [0.4, 0.5) is 0 Å². The Labute approximate surface area is 106 Å². The molecule has 3 nitrogen and oxygen atoms in total. The van der Waals surface area contributed by atoms with Crippen LogP contribution in [-0.4, -0.2) is 50.8 Å². The molecule has 1 atom stereocenters. The molecule has 1 unspecified atom stereocenters. The first-order chi connectivity index (χ1) is 8.22. The number of hydrogen-bond donors (Lipinski definition) is 1. The van der Waals surface area contributed by atoms with Crippen molar-refractivity contribution in [2.24, 2.45) is 11.3 Å². The summed E-state index contributed by atoms with van der Waals surface area (Å²) in [5.74, 6) is 0.874. The molecular formula is C14H28N2O. The Morgan fingerprint density at radius 3 is 2.82 bits per heavy atom. The Bertz CT molecular complexity index is 226. The van der Waals surface area contributed by atoms with Gasteiger partial charge in [-0.1, -0.05) is 13.8 Å². The first kappa shape index (κ1) is 13.3. The molecule has 2 fully saturated rings. The Morgan fingerprint density at radius 1 is 1.35 bits per heavy atom. The summed E-state index contributed by atoms with van der Waals surface area (Å²) < 4.78 is 5.48. The number of ether oxygens (including phenoxy) is 1. The van der Waals surface area contributed by atoms with Crippen molar-refractivity contribution in [3.63, 3.8) is 0 Å². The largest absolute Gasteiger partial charge is 0.381 e. The quantitative estimate of drug-likeness (QED) is 0.792. The first-order valence-corrected chi connectivity index (χ1v) is 7.23. The molecule has 2 aliphatic rings. The van der Waals surface area contributed by atoms with E-state index in [-0.39, 0.29) is 0 Å². The van der Waals surface area contributed by atoms with E-state index in [0.29, 0.717) is 5.41 Å². The number of nitrogens with one attached hydrogen (secondary N) is 1. The second-order valence-corrected chi connectivity index (χ2v) is 6.12. The molecule has 2 aliphatic heterocycles. The van der Waals surface area contributed by atoms with Gasteiger partial charge in [0.15, 0.2) is 0 Å². The number of hydrogen-bond acceptors (Lipinski definition) is 3. The van der Waals surface area contributed by atoms with Gasteiger partial charge in [-0.3, -0.25) is 0 Å². The lowest BCUT2D eigenvalue weighted by Gasteiger charge is -2.37. The fourth-order valence-corrected chi connectivity index (χ4v) is 3.13. The van der Waals surface area contributed by atoms with Gasteiger partial charge in [-0.15, -0.1) is 0 Å². The normalized spacial score (nSPS) is 29.6. The lowest BCUT2D eigenvalue weighted by atomic mass is 9.82. The first-order valence-electron chi connectivity index (χ1n) is 7.23. The van der Waals surface area contributed by atoms with Crippen LogP contribution in [0.1, 0.15) is 33.1 Å². The van der Waals surface area contributed by atoms with E-state index in [4.69, 9.17) is 4.74 Å². The topological polar surface area (TPSA) is 24.5 Å². The van der Waals surface area contributed by atoms with Gasteiger partial charge in [-0.2, -0.15) is 0 Å². The summed E-state index contributed by atoms with van der Waals surface area (Å²) in [5, 5.41) is 3.48. The van der Waals surface area contributed by atoms with Gasteiger partial charge in [0.1, 0.15) is 0 Å². The van der Waals surface area contributed by atoms with Gasteiger partial charge in [-0.05, 0) is 50.2 Å². The molecule has 0 aromatic heterocycles. The highest BCUT2D eigenvalue weighted by atomic mass is 16.5. The van der Waals surface area contributed by atoms with Crippen molar-refractivity contribution in [3.05, 3.63) is 0 Å². The Morgan fingerprint density at radius 2 is 2.12 bits per heavy atom. The second kappa shape index (κ2) is 6.17. The third-order valence-corrected chi connectivity index (χ3v) is 4.36. The van der Waals surface area contributed by atoms with Crippen LogP contribution in [0.15, 0.2) is 0 Å². The van der Waals surface area contributed by atoms with Crippen LogP contribution in [0.2, 0.25) is 0 Å². The molecule has 2 rings (SSSR count). The van der Waals surface area contributed by atoms with Gasteiger partial charge >= 0.3 is 0 Å². The van der Waals surface area contributed by atoms with Crippen molar-refractivity contribution in [2.45, 2.75) is 33.1 Å². The molecule has 2 saturated heterocycles. The molecular weight excluding hydrogens is 212 g/mol.